The van der Waals surface area contributed by atoms with E-state index in [1.54, 1.807) is 24.3 Å². The van der Waals surface area contributed by atoms with E-state index in [0.29, 0.717) is 17.7 Å². The number of benzene rings is 4. The van der Waals surface area contributed by atoms with E-state index in [4.69, 9.17) is 0 Å². The summed E-state index contributed by atoms with van der Waals surface area (Å²) in [5.41, 5.74) is 6.20. The Morgan fingerprint density at radius 1 is 0.531 bits per heavy atom. The Morgan fingerprint density at radius 2 is 1.00 bits per heavy atom. The van der Waals surface area contributed by atoms with Crippen LogP contribution in [0.15, 0.2) is 103 Å². The summed E-state index contributed by atoms with van der Waals surface area (Å²) in [6.07, 6.45) is 0. The molecule has 156 valence electrons. The Labute approximate surface area is 187 Å². The number of rotatable bonds is 6. The Balaban J connectivity index is 1.45. The Kier molecular flexibility index (Phi) is 5.26. The van der Waals surface area contributed by atoms with Crippen LogP contribution in [-0.4, -0.2) is 16.7 Å². The van der Waals surface area contributed by atoms with Crippen LogP contribution >= 0.6 is 0 Å². The molecular formula is C28H22N2O2. The summed E-state index contributed by atoms with van der Waals surface area (Å²) in [6.45, 7) is 0.907. The Morgan fingerprint density at radius 3 is 1.62 bits per heavy atom. The van der Waals surface area contributed by atoms with E-state index < -0.39 is 0 Å². The molecule has 0 atom stereocenters. The maximum atomic E-state index is 12.9. The fourth-order valence-electron chi connectivity index (χ4n) is 4.16. The third kappa shape index (κ3) is 3.67. The molecule has 1 aliphatic heterocycles. The molecular weight excluding hydrogens is 396 g/mol. The van der Waals surface area contributed by atoms with Crippen LogP contribution in [0.4, 0.5) is 5.69 Å². The highest BCUT2D eigenvalue weighted by molar-refractivity contribution is 6.21. The molecule has 1 heterocycles. The van der Waals surface area contributed by atoms with Crippen molar-refractivity contribution in [3.8, 4) is 11.1 Å². The number of anilines is 1. The van der Waals surface area contributed by atoms with Crippen LogP contribution in [0.1, 0.15) is 31.8 Å². The van der Waals surface area contributed by atoms with E-state index in [1.807, 2.05) is 60.7 Å². The van der Waals surface area contributed by atoms with Gasteiger partial charge in [-0.1, -0.05) is 78.9 Å². The Bertz CT molecular complexity index is 1260. The second-order valence-corrected chi connectivity index (χ2v) is 7.78. The van der Waals surface area contributed by atoms with Crippen LogP contribution < -0.4 is 5.32 Å². The maximum absolute atomic E-state index is 12.9. The molecule has 32 heavy (non-hydrogen) atoms. The van der Waals surface area contributed by atoms with Gasteiger partial charge in [0.05, 0.1) is 17.7 Å². The van der Waals surface area contributed by atoms with Gasteiger partial charge < -0.3 is 5.32 Å². The highest BCUT2D eigenvalue weighted by Gasteiger charge is 2.35. The number of para-hydroxylation sites is 1. The average molecular weight is 418 g/mol. The van der Waals surface area contributed by atoms with Gasteiger partial charge in [0.2, 0.25) is 0 Å². The Hall–Kier alpha value is -4.18. The second kappa shape index (κ2) is 8.52. The number of imide groups is 1. The van der Waals surface area contributed by atoms with E-state index in [0.717, 1.165) is 27.9 Å². The van der Waals surface area contributed by atoms with Crippen LogP contribution in [0.2, 0.25) is 0 Å². The second-order valence-electron chi connectivity index (χ2n) is 7.78. The van der Waals surface area contributed by atoms with Gasteiger partial charge in [-0.05, 0) is 46.5 Å². The lowest BCUT2D eigenvalue weighted by molar-refractivity contribution is 0.0642. The third-order valence-electron chi connectivity index (χ3n) is 5.79. The normalized spacial score (nSPS) is 12.7. The van der Waals surface area contributed by atoms with Crippen LogP contribution in [0.3, 0.4) is 0 Å². The van der Waals surface area contributed by atoms with Gasteiger partial charge in [0.1, 0.15) is 0 Å². The van der Waals surface area contributed by atoms with Crippen LogP contribution in [0.5, 0.6) is 0 Å². The zero-order chi connectivity index (χ0) is 21.9. The van der Waals surface area contributed by atoms with Gasteiger partial charge in [-0.3, -0.25) is 14.5 Å². The van der Waals surface area contributed by atoms with Gasteiger partial charge in [0.15, 0.2) is 0 Å². The topological polar surface area (TPSA) is 49.4 Å². The van der Waals surface area contributed by atoms with Crippen LogP contribution in [0, 0.1) is 0 Å². The zero-order valence-corrected chi connectivity index (χ0v) is 17.5. The summed E-state index contributed by atoms with van der Waals surface area (Å²) < 4.78 is 0. The predicted octanol–water partition coefficient (Wildman–Crippen LogP) is 5.76. The molecule has 2 amide bonds. The molecule has 4 nitrogen and oxygen atoms in total. The van der Waals surface area contributed by atoms with Crippen molar-refractivity contribution in [2.45, 2.75) is 13.1 Å². The van der Waals surface area contributed by atoms with Crippen LogP contribution in [-0.2, 0) is 13.1 Å². The summed E-state index contributed by atoms with van der Waals surface area (Å²) >= 11 is 0. The number of nitrogens with one attached hydrogen (secondary N) is 1. The summed E-state index contributed by atoms with van der Waals surface area (Å²) in [4.78, 5) is 27.1. The van der Waals surface area contributed by atoms with Gasteiger partial charge in [-0.2, -0.15) is 0 Å². The van der Waals surface area contributed by atoms with Crippen LogP contribution in [0.25, 0.3) is 11.1 Å². The minimum atomic E-state index is -0.237. The molecule has 0 aromatic heterocycles. The average Bonchev–Trinajstić information content (AvgIpc) is 3.09. The summed E-state index contributed by atoms with van der Waals surface area (Å²) in [5.74, 6) is -0.473. The summed E-state index contributed by atoms with van der Waals surface area (Å²) in [5, 5.41) is 3.47. The lowest BCUT2D eigenvalue weighted by Crippen LogP contribution is -2.29. The smallest absolute Gasteiger partial charge is 0.261 e. The number of fused-ring (bicyclic) bond motifs is 1. The van der Waals surface area contributed by atoms with E-state index >= 15 is 0 Å². The van der Waals surface area contributed by atoms with E-state index in [-0.39, 0.29) is 18.4 Å². The molecule has 0 saturated carbocycles. The van der Waals surface area contributed by atoms with Gasteiger partial charge in [0.25, 0.3) is 11.8 Å². The van der Waals surface area contributed by atoms with Crippen molar-refractivity contribution in [1.82, 2.24) is 4.90 Å². The van der Waals surface area contributed by atoms with Crippen molar-refractivity contribution in [1.29, 1.82) is 0 Å². The number of carbonyl (C=O) groups excluding carboxylic acids is 2. The van der Waals surface area contributed by atoms with Crippen molar-refractivity contribution in [2.75, 3.05) is 5.32 Å². The molecule has 4 aromatic carbocycles. The number of carbonyl (C=O) groups is 2. The predicted molar refractivity (Wildman–Crippen MR) is 126 cm³/mol. The standard InChI is InChI=1S/C28H22N2O2/c31-27-25-16-8-9-17-26(25)28(32)30(27)19-21-11-5-7-15-24(21)23-14-6-4-10-20(23)18-29-22-12-2-1-3-13-22/h1-17,29H,18-19H2. The van der Waals surface area contributed by atoms with E-state index in [2.05, 4.69) is 23.5 Å². The molecule has 0 saturated heterocycles. The third-order valence-corrected chi connectivity index (χ3v) is 5.79. The molecule has 0 fully saturated rings. The molecule has 0 radical (unpaired) electrons. The fraction of sp³-hybridized carbons (Fsp3) is 0.0714. The minimum Gasteiger partial charge on any atom is -0.381 e. The largest absolute Gasteiger partial charge is 0.381 e. The van der Waals surface area contributed by atoms with Crippen molar-refractivity contribution in [3.05, 3.63) is 125 Å². The summed E-state index contributed by atoms with van der Waals surface area (Å²) in [7, 11) is 0. The molecule has 5 rings (SSSR count). The molecule has 0 bridgehead atoms. The first-order chi connectivity index (χ1) is 15.7. The number of nitrogens with zero attached hydrogens (tertiary/aromatic N) is 1. The lowest BCUT2D eigenvalue weighted by atomic mass is 9.95. The lowest BCUT2D eigenvalue weighted by Gasteiger charge is -2.19. The summed E-state index contributed by atoms with van der Waals surface area (Å²) in [6, 6.07) is 33.3. The van der Waals surface area contributed by atoms with Gasteiger partial charge in [-0.25, -0.2) is 0 Å². The van der Waals surface area contributed by atoms with Crippen molar-refractivity contribution in [2.24, 2.45) is 0 Å². The maximum Gasteiger partial charge on any atom is 0.261 e. The van der Waals surface area contributed by atoms with Crippen molar-refractivity contribution >= 4 is 17.5 Å². The number of hydrogen-bond acceptors (Lipinski definition) is 3. The highest BCUT2D eigenvalue weighted by atomic mass is 16.2. The van der Waals surface area contributed by atoms with Gasteiger partial charge in [0, 0.05) is 12.2 Å². The molecule has 4 aromatic rings. The highest BCUT2D eigenvalue weighted by Crippen LogP contribution is 2.31. The molecule has 0 aliphatic carbocycles. The monoisotopic (exact) mass is 418 g/mol. The first-order valence-electron chi connectivity index (χ1n) is 10.6. The zero-order valence-electron chi connectivity index (χ0n) is 17.5. The minimum absolute atomic E-state index is 0.237. The molecule has 1 N–H and O–H groups in total. The molecule has 0 unspecified atom stereocenters. The first-order valence-corrected chi connectivity index (χ1v) is 10.6. The molecule has 0 spiro atoms. The van der Waals surface area contributed by atoms with Gasteiger partial charge >= 0.3 is 0 Å². The van der Waals surface area contributed by atoms with Crippen molar-refractivity contribution in [3.63, 3.8) is 0 Å². The van der Waals surface area contributed by atoms with Gasteiger partial charge in [-0.15, -0.1) is 0 Å². The quantitative estimate of drug-likeness (QED) is 0.405. The first kappa shape index (κ1) is 19.8. The molecule has 1 aliphatic rings. The van der Waals surface area contributed by atoms with E-state index in [1.165, 1.54) is 4.90 Å². The number of amides is 2. The molecule has 4 heteroatoms. The fourth-order valence-corrected chi connectivity index (χ4v) is 4.16. The number of hydrogen-bond donors (Lipinski definition) is 1. The van der Waals surface area contributed by atoms with Crippen molar-refractivity contribution < 1.29 is 9.59 Å². The SMILES string of the molecule is O=C1c2ccccc2C(=O)N1Cc1ccccc1-c1ccccc1CNc1ccccc1. The van der Waals surface area contributed by atoms with E-state index in [9.17, 15) is 9.59 Å².